The zero-order valence-corrected chi connectivity index (χ0v) is 13.7. The number of anilines is 1. The smallest absolute Gasteiger partial charge is 0.260 e. The molecule has 1 aromatic carbocycles. The Morgan fingerprint density at radius 2 is 2.13 bits per heavy atom. The number of rotatable bonds is 4. The molecule has 23 heavy (non-hydrogen) atoms. The number of nitrogens with one attached hydrogen (secondary N) is 2. The Labute approximate surface area is 139 Å². The maximum Gasteiger partial charge on any atom is 0.260 e. The molecule has 0 saturated carbocycles. The van der Waals surface area contributed by atoms with Crippen molar-refractivity contribution in [2.24, 2.45) is 0 Å². The first-order valence-electron chi connectivity index (χ1n) is 6.69. The molecule has 0 fully saturated rings. The van der Waals surface area contributed by atoms with E-state index in [0.717, 1.165) is 17.3 Å². The van der Waals surface area contributed by atoms with E-state index in [0.29, 0.717) is 21.1 Å². The summed E-state index contributed by atoms with van der Waals surface area (Å²) in [6.07, 6.45) is 0. The van der Waals surface area contributed by atoms with Crippen molar-refractivity contribution in [2.45, 2.75) is 12.1 Å². The fraction of sp³-hybridized carbons (Fsp3) is 0.133. The van der Waals surface area contributed by atoms with Crippen LogP contribution >= 0.6 is 23.1 Å². The molecule has 5 nitrogen and oxygen atoms in total. The number of aromatic nitrogens is 2. The van der Waals surface area contributed by atoms with Gasteiger partial charge in [0.05, 0.1) is 11.1 Å². The number of hydrogen-bond donors (Lipinski definition) is 2. The second kappa shape index (κ2) is 6.51. The third-order valence-electron chi connectivity index (χ3n) is 3.07. The molecule has 0 unspecified atom stereocenters. The molecule has 2 heterocycles. The maximum absolute atomic E-state index is 12.8. The van der Waals surface area contributed by atoms with Gasteiger partial charge in [-0.2, -0.15) is 0 Å². The van der Waals surface area contributed by atoms with E-state index >= 15 is 0 Å². The van der Waals surface area contributed by atoms with Crippen LogP contribution in [0.3, 0.4) is 0 Å². The van der Waals surface area contributed by atoms with Crippen LogP contribution in [0.4, 0.5) is 10.1 Å². The van der Waals surface area contributed by atoms with Crippen LogP contribution in [0.15, 0.2) is 39.6 Å². The van der Waals surface area contributed by atoms with Gasteiger partial charge in [0.2, 0.25) is 5.91 Å². The monoisotopic (exact) mass is 349 g/mol. The Morgan fingerprint density at radius 1 is 1.39 bits per heavy atom. The summed E-state index contributed by atoms with van der Waals surface area (Å²) < 4.78 is 12.8. The van der Waals surface area contributed by atoms with Crippen LogP contribution in [-0.4, -0.2) is 21.6 Å². The fourth-order valence-corrected chi connectivity index (χ4v) is 3.64. The van der Waals surface area contributed by atoms with Crippen molar-refractivity contribution in [3.05, 3.63) is 51.4 Å². The first kappa shape index (κ1) is 15.7. The summed E-state index contributed by atoms with van der Waals surface area (Å²) in [5.74, 6) is -0.527. The molecule has 0 radical (unpaired) electrons. The highest BCUT2D eigenvalue weighted by Gasteiger charge is 2.10. The molecule has 0 aliphatic heterocycles. The van der Waals surface area contributed by atoms with E-state index in [1.807, 2.05) is 12.3 Å². The number of aromatic amines is 1. The van der Waals surface area contributed by atoms with Crippen molar-refractivity contribution < 1.29 is 9.18 Å². The van der Waals surface area contributed by atoms with Gasteiger partial charge in [-0.25, -0.2) is 9.37 Å². The quantitative estimate of drug-likeness (QED) is 0.560. The third-order valence-corrected chi connectivity index (χ3v) is 4.94. The van der Waals surface area contributed by atoms with E-state index in [2.05, 4.69) is 15.3 Å². The molecule has 3 aromatic rings. The number of benzene rings is 1. The highest BCUT2D eigenvalue weighted by atomic mass is 32.2. The topological polar surface area (TPSA) is 74.8 Å². The third kappa shape index (κ3) is 3.59. The van der Waals surface area contributed by atoms with Crippen LogP contribution in [0.5, 0.6) is 0 Å². The fourth-order valence-electron chi connectivity index (χ4n) is 2.00. The normalized spacial score (nSPS) is 10.9. The number of amides is 1. The second-order valence-electron chi connectivity index (χ2n) is 4.81. The minimum absolute atomic E-state index is 0.0934. The van der Waals surface area contributed by atoms with Gasteiger partial charge in [0.25, 0.3) is 5.56 Å². The largest absolute Gasteiger partial charge is 0.325 e. The van der Waals surface area contributed by atoms with Gasteiger partial charge >= 0.3 is 0 Å². The SMILES string of the molecule is Cc1csc2nc(SCC(=O)Nc3ccc(F)cc3)[nH]c(=O)c12. The molecule has 118 valence electrons. The standard InChI is InChI=1S/C15H12FN3O2S2/c1-8-6-22-14-12(8)13(21)18-15(19-14)23-7-11(20)17-10-4-2-9(16)3-5-10/h2-6H,7H2,1H3,(H,17,20)(H,18,19,21). The Hall–Kier alpha value is -2.19. The van der Waals surface area contributed by atoms with Crippen LogP contribution in [0.1, 0.15) is 5.56 Å². The van der Waals surface area contributed by atoms with Crippen molar-refractivity contribution in [2.75, 3.05) is 11.1 Å². The second-order valence-corrected chi connectivity index (χ2v) is 6.64. The Morgan fingerprint density at radius 3 is 2.87 bits per heavy atom. The average molecular weight is 349 g/mol. The molecule has 2 N–H and O–H groups in total. The van der Waals surface area contributed by atoms with E-state index < -0.39 is 0 Å². The van der Waals surface area contributed by atoms with Crippen molar-refractivity contribution in [1.29, 1.82) is 0 Å². The average Bonchev–Trinajstić information content (AvgIpc) is 2.89. The van der Waals surface area contributed by atoms with E-state index in [4.69, 9.17) is 0 Å². The van der Waals surface area contributed by atoms with Crippen LogP contribution in [0.25, 0.3) is 10.2 Å². The number of thioether (sulfide) groups is 1. The van der Waals surface area contributed by atoms with Gasteiger partial charge in [-0.3, -0.25) is 9.59 Å². The Balaban J connectivity index is 1.67. The van der Waals surface area contributed by atoms with Crippen molar-refractivity contribution in [3.8, 4) is 0 Å². The summed E-state index contributed by atoms with van der Waals surface area (Å²) in [5, 5.41) is 5.52. The van der Waals surface area contributed by atoms with Gasteiger partial charge in [-0.1, -0.05) is 11.8 Å². The van der Waals surface area contributed by atoms with Crippen molar-refractivity contribution in [3.63, 3.8) is 0 Å². The molecule has 2 aromatic heterocycles. The van der Waals surface area contributed by atoms with Gasteiger partial charge in [0.1, 0.15) is 10.6 Å². The van der Waals surface area contributed by atoms with Crippen LogP contribution in [-0.2, 0) is 4.79 Å². The van der Waals surface area contributed by atoms with Gasteiger partial charge < -0.3 is 10.3 Å². The number of carbonyl (C=O) groups is 1. The number of thiophene rings is 1. The molecule has 0 saturated heterocycles. The first-order chi connectivity index (χ1) is 11.0. The minimum Gasteiger partial charge on any atom is -0.325 e. The van der Waals surface area contributed by atoms with Crippen LogP contribution in [0.2, 0.25) is 0 Å². The van der Waals surface area contributed by atoms with E-state index in [1.54, 1.807) is 0 Å². The Bertz CT molecular complexity index is 919. The highest BCUT2D eigenvalue weighted by Crippen LogP contribution is 2.22. The van der Waals surface area contributed by atoms with Crippen molar-refractivity contribution >= 4 is 44.9 Å². The summed E-state index contributed by atoms with van der Waals surface area (Å²) in [4.78, 5) is 31.6. The van der Waals surface area contributed by atoms with E-state index in [-0.39, 0.29) is 23.0 Å². The zero-order valence-electron chi connectivity index (χ0n) is 12.1. The summed E-state index contributed by atoms with van der Waals surface area (Å²) >= 11 is 2.54. The minimum atomic E-state index is -0.362. The number of hydrogen-bond acceptors (Lipinski definition) is 5. The molecule has 1 amide bonds. The molecule has 0 aliphatic carbocycles. The lowest BCUT2D eigenvalue weighted by Crippen LogP contribution is -2.15. The van der Waals surface area contributed by atoms with E-state index in [1.165, 1.54) is 35.6 Å². The van der Waals surface area contributed by atoms with Crippen molar-refractivity contribution in [1.82, 2.24) is 9.97 Å². The molecule has 0 aliphatic rings. The summed E-state index contributed by atoms with van der Waals surface area (Å²) in [7, 11) is 0. The summed E-state index contributed by atoms with van der Waals surface area (Å²) in [6, 6.07) is 5.51. The van der Waals surface area contributed by atoms with E-state index in [9.17, 15) is 14.0 Å². The zero-order chi connectivity index (χ0) is 16.4. The number of carbonyl (C=O) groups excluding carboxylic acids is 1. The first-order valence-corrected chi connectivity index (χ1v) is 8.56. The molecule has 3 rings (SSSR count). The van der Waals surface area contributed by atoms with Crippen LogP contribution in [0, 0.1) is 12.7 Å². The number of fused-ring (bicyclic) bond motifs is 1. The summed E-state index contributed by atoms with van der Waals surface area (Å²) in [5.41, 5.74) is 1.21. The molecular weight excluding hydrogens is 337 g/mol. The van der Waals surface area contributed by atoms with Gasteiger partial charge in [-0.15, -0.1) is 11.3 Å². The maximum atomic E-state index is 12.8. The number of aryl methyl sites for hydroxylation is 1. The van der Waals surface area contributed by atoms with Gasteiger partial charge in [0.15, 0.2) is 5.16 Å². The highest BCUT2D eigenvalue weighted by molar-refractivity contribution is 7.99. The number of nitrogens with zero attached hydrogens (tertiary/aromatic N) is 1. The molecular formula is C15H12FN3O2S2. The lowest BCUT2D eigenvalue weighted by molar-refractivity contribution is -0.113. The molecule has 8 heteroatoms. The van der Waals surface area contributed by atoms with Gasteiger partial charge in [0, 0.05) is 5.69 Å². The molecule has 0 bridgehead atoms. The lowest BCUT2D eigenvalue weighted by atomic mass is 10.3. The molecule has 0 spiro atoms. The summed E-state index contributed by atoms with van der Waals surface area (Å²) in [6.45, 7) is 1.86. The number of H-pyrrole nitrogens is 1. The molecule has 0 atom stereocenters. The predicted octanol–water partition coefficient (Wildman–Crippen LogP) is 3.16. The lowest BCUT2D eigenvalue weighted by Gasteiger charge is -2.04. The Kier molecular flexibility index (Phi) is 4.44. The predicted molar refractivity (Wildman–Crippen MR) is 90.7 cm³/mol. The number of halogens is 1. The van der Waals surface area contributed by atoms with Crippen LogP contribution < -0.4 is 10.9 Å². The van der Waals surface area contributed by atoms with Gasteiger partial charge in [-0.05, 0) is 42.1 Å².